The van der Waals surface area contributed by atoms with Crippen molar-refractivity contribution in [2.45, 2.75) is 19.5 Å². The number of thioether (sulfide) groups is 1. The van der Waals surface area contributed by atoms with E-state index >= 15 is 0 Å². The maximum atomic E-state index is 5.06. The number of ether oxygens (including phenoxy) is 1. The summed E-state index contributed by atoms with van der Waals surface area (Å²) >= 11 is 1.89. The van der Waals surface area contributed by atoms with Crippen LogP contribution in [0.15, 0.2) is 24.5 Å². The molecular weight excluding hydrogens is 270 g/mol. The molecule has 0 unspecified atom stereocenters. The zero-order valence-electron chi connectivity index (χ0n) is 12.3. The normalized spacial score (nSPS) is 11.3. The number of fused-ring (bicyclic) bond motifs is 1. The summed E-state index contributed by atoms with van der Waals surface area (Å²) < 4.78 is 7.33. The number of pyridine rings is 1. The molecule has 0 amide bonds. The van der Waals surface area contributed by atoms with E-state index in [4.69, 9.17) is 4.74 Å². The van der Waals surface area contributed by atoms with Crippen LogP contribution in [-0.4, -0.2) is 41.8 Å². The first-order valence-electron chi connectivity index (χ1n) is 6.98. The van der Waals surface area contributed by atoms with Crippen LogP contribution in [0, 0.1) is 0 Å². The van der Waals surface area contributed by atoms with E-state index in [9.17, 15) is 0 Å². The molecule has 2 aromatic rings. The number of methoxy groups -OCH3 is 1. The summed E-state index contributed by atoms with van der Waals surface area (Å²) in [5, 5.41) is 4.66. The van der Waals surface area contributed by atoms with Gasteiger partial charge in [-0.25, -0.2) is 4.98 Å². The van der Waals surface area contributed by atoms with Crippen molar-refractivity contribution in [2.75, 3.05) is 32.3 Å². The van der Waals surface area contributed by atoms with Crippen molar-refractivity contribution in [1.82, 2.24) is 14.9 Å². The molecule has 0 atom stereocenters. The molecule has 0 saturated heterocycles. The first-order valence-corrected chi connectivity index (χ1v) is 8.37. The minimum Gasteiger partial charge on any atom is -0.383 e. The molecule has 2 rings (SSSR count). The lowest BCUT2D eigenvalue weighted by atomic mass is 10.2. The topological polar surface area (TPSA) is 39.1 Å². The maximum absolute atomic E-state index is 5.06. The van der Waals surface area contributed by atoms with Crippen LogP contribution in [0.3, 0.4) is 0 Å². The maximum Gasteiger partial charge on any atom is 0.140 e. The van der Waals surface area contributed by atoms with Crippen molar-refractivity contribution in [1.29, 1.82) is 0 Å². The summed E-state index contributed by atoms with van der Waals surface area (Å²) in [6.07, 6.45) is 7.43. The van der Waals surface area contributed by atoms with Crippen molar-refractivity contribution >= 4 is 22.8 Å². The van der Waals surface area contributed by atoms with Crippen molar-refractivity contribution in [3.05, 3.63) is 30.1 Å². The monoisotopic (exact) mass is 293 g/mol. The zero-order chi connectivity index (χ0) is 14.2. The minimum absolute atomic E-state index is 0.741. The summed E-state index contributed by atoms with van der Waals surface area (Å²) in [5.74, 6) is 1.19. The second-order valence-corrected chi connectivity index (χ2v) is 5.72. The molecule has 110 valence electrons. The predicted octanol–water partition coefficient (Wildman–Crippen LogP) is 2.53. The molecule has 0 radical (unpaired) electrons. The molecule has 0 aliphatic carbocycles. The van der Waals surface area contributed by atoms with E-state index in [2.05, 4.69) is 33.4 Å². The number of aryl methyl sites for hydroxylation is 1. The lowest BCUT2D eigenvalue weighted by Gasteiger charge is -2.03. The molecule has 0 fully saturated rings. The van der Waals surface area contributed by atoms with Gasteiger partial charge in [-0.2, -0.15) is 11.8 Å². The van der Waals surface area contributed by atoms with E-state index in [-0.39, 0.29) is 0 Å². The molecule has 2 heterocycles. The third-order valence-corrected chi connectivity index (χ3v) is 3.96. The molecule has 1 N–H and O–H groups in total. The second-order valence-electron chi connectivity index (χ2n) is 4.74. The van der Waals surface area contributed by atoms with E-state index < -0.39 is 0 Å². The molecule has 0 aliphatic heterocycles. The molecule has 0 saturated carbocycles. The predicted molar refractivity (Wildman–Crippen MR) is 86.3 cm³/mol. The van der Waals surface area contributed by atoms with Crippen LogP contribution in [0.25, 0.3) is 11.0 Å². The Morgan fingerprint density at radius 3 is 3.15 bits per heavy atom. The van der Waals surface area contributed by atoms with Crippen molar-refractivity contribution in [3.63, 3.8) is 0 Å². The van der Waals surface area contributed by atoms with E-state index in [0.717, 1.165) is 31.9 Å². The Kier molecular flexibility index (Phi) is 6.36. The Labute approximate surface area is 124 Å². The lowest BCUT2D eigenvalue weighted by molar-refractivity contribution is 0.199. The van der Waals surface area contributed by atoms with Crippen molar-refractivity contribution < 1.29 is 4.74 Å². The van der Waals surface area contributed by atoms with Gasteiger partial charge in [0.25, 0.3) is 0 Å². The third kappa shape index (κ3) is 3.98. The quantitative estimate of drug-likeness (QED) is 0.721. The van der Waals surface area contributed by atoms with Crippen LogP contribution in [0.1, 0.15) is 12.0 Å². The standard InChI is InChI=1S/C15H23N3OS/c1-19-9-7-16-11-13-12-18(8-4-10-20-2)15-14(13)5-3-6-17-15/h3,5-6,12,16H,4,7-11H2,1-2H3. The van der Waals surface area contributed by atoms with E-state index in [0.29, 0.717) is 0 Å². The highest BCUT2D eigenvalue weighted by Gasteiger charge is 2.08. The largest absolute Gasteiger partial charge is 0.383 e. The van der Waals surface area contributed by atoms with Gasteiger partial charge < -0.3 is 14.6 Å². The zero-order valence-corrected chi connectivity index (χ0v) is 13.1. The van der Waals surface area contributed by atoms with Gasteiger partial charge in [-0.1, -0.05) is 0 Å². The average Bonchev–Trinajstić information content (AvgIpc) is 2.83. The van der Waals surface area contributed by atoms with Crippen molar-refractivity contribution in [3.8, 4) is 0 Å². The Hall–Kier alpha value is -1.04. The van der Waals surface area contributed by atoms with Gasteiger partial charge in [0.2, 0.25) is 0 Å². The second kappa shape index (κ2) is 8.29. The van der Waals surface area contributed by atoms with Crippen LogP contribution in [0.4, 0.5) is 0 Å². The van der Waals surface area contributed by atoms with Crippen LogP contribution >= 0.6 is 11.8 Å². The van der Waals surface area contributed by atoms with E-state index in [1.807, 2.05) is 24.0 Å². The minimum atomic E-state index is 0.741. The SMILES string of the molecule is COCCNCc1cn(CCCSC)c2ncccc12. The van der Waals surface area contributed by atoms with Gasteiger partial charge in [0, 0.05) is 44.5 Å². The van der Waals surface area contributed by atoms with Crippen LogP contribution < -0.4 is 5.32 Å². The molecule has 4 nitrogen and oxygen atoms in total. The number of nitrogens with one attached hydrogen (secondary N) is 1. The molecule has 0 aliphatic rings. The number of hydrogen-bond acceptors (Lipinski definition) is 4. The van der Waals surface area contributed by atoms with Gasteiger partial charge >= 0.3 is 0 Å². The highest BCUT2D eigenvalue weighted by Crippen LogP contribution is 2.19. The summed E-state index contributed by atoms with van der Waals surface area (Å²) in [7, 11) is 1.73. The van der Waals surface area contributed by atoms with E-state index in [1.165, 1.54) is 23.1 Å². The summed E-state index contributed by atoms with van der Waals surface area (Å²) in [4.78, 5) is 4.53. The van der Waals surface area contributed by atoms with Gasteiger partial charge in [-0.3, -0.25) is 0 Å². The number of nitrogens with zero attached hydrogens (tertiary/aromatic N) is 2. The Morgan fingerprint density at radius 1 is 1.45 bits per heavy atom. The molecule has 0 aromatic carbocycles. The average molecular weight is 293 g/mol. The molecule has 5 heteroatoms. The Morgan fingerprint density at radius 2 is 2.35 bits per heavy atom. The fraction of sp³-hybridized carbons (Fsp3) is 0.533. The van der Waals surface area contributed by atoms with Crippen LogP contribution in [0.5, 0.6) is 0 Å². The molecular formula is C15H23N3OS. The van der Waals surface area contributed by atoms with Crippen molar-refractivity contribution in [2.24, 2.45) is 0 Å². The summed E-state index contributed by atoms with van der Waals surface area (Å²) in [6, 6.07) is 4.16. The number of aromatic nitrogens is 2. The first-order chi connectivity index (χ1) is 9.86. The third-order valence-electron chi connectivity index (χ3n) is 3.26. The molecule has 20 heavy (non-hydrogen) atoms. The van der Waals surface area contributed by atoms with Gasteiger partial charge in [-0.05, 0) is 36.1 Å². The fourth-order valence-electron chi connectivity index (χ4n) is 2.28. The highest BCUT2D eigenvalue weighted by atomic mass is 32.2. The number of hydrogen-bond donors (Lipinski definition) is 1. The van der Waals surface area contributed by atoms with Gasteiger partial charge in [0.05, 0.1) is 6.61 Å². The summed E-state index contributed by atoms with van der Waals surface area (Å²) in [6.45, 7) is 3.51. The van der Waals surface area contributed by atoms with Crippen LogP contribution in [-0.2, 0) is 17.8 Å². The lowest BCUT2D eigenvalue weighted by Crippen LogP contribution is -2.18. The van der Waals surface area contributed by atoms with Gasteiger partial charge in [0.15, 0.2) is 0 Å². The Balaban J connectivity index is 2.09. The van der Waals surface area contributed by atoms with Crippen LogP contribution in [0.2, 0.25) is 0 Å². The smallest absolute Gasteiger partial charge is 0.140 e. The van der Waals surface area contributed by atoms with Gasteiger partial charge in [-0.15, -0.1) is 0 Å². The highest BCUT2D eigenvalue weighted by molar-refractivity contribution is 7.98. The van der Waals surface area contributed by atoms with E-state index in [1.54, 1.807) is 7.11 Å². The first kappa shape index (κ1) is 15.4. The molecule has 0 bridgehead atoms. The Bertz CT molecular complexity index is 527. The summed E-state index contributed by atoms with van der Waals surface area (Å²) in [5.41, 5.74) is 2.41. The molecule has 2 aromatic heterocycles. The molecule has 0 spiro atoms. The van der Waals surface area contributed by atoms with Gasteiger partial charge in [0.1, 0.15) is 5.65 Å². The fourth-order valence-corrected chi connectivity index (χ4v) is 2.70. The number of rotatable bonds is 9.